The van der Waals surface area contributed by atoms with Gasteiger partial charge in [-0.3, -0.25) is 0 Å². The van der Waals surface area contributed by atoms with Crippen molar-refractivity contribution in [1.82, 2.24) is 5.32 Å². The highest BCUT2D eigenvalue weighted by Gasteiger charge is 2.57. The summed E-state index contributed by atoms with van der Waals surface area (Å²) in [6.45, 7) is 9.94. The first kappa shape index (κ1) is 21.3. The zero-order chi connectivity index (χ0) is 20.9. The Morgan fingerprint density at radius 3 is 2.31 bits per heavy atom. The highest BCUT2D eigenvalue weighted by Crippen LogP contribution is 2.63. The number of rotatable bonds is 3. The minimum absolute atomic E-state index is 0.0745. The average Bonchev–Trinajstić information content (AvgIpc) is 2.69. The first-order valence-electron chi connectivity index (χ1n) is 11.8. The highest BCUT2D eigenvalue weighted by molar-refractivity contribution is 7.80. The third kappa shape index (κ3) is 3.90. The van der Waals surface area contributed by atoms with E-state index in [9.17, 15) is 0 Å². The molecule has 3 aliphatic carbocycles. The molecule has 3 saturated carbocycles. The predicted molar refractivity (Wildman–Crippen MR) is 127 cm³/mol. The second-order valence-corrected chi connectivity index (χ2v) is 11.9. The predicted octanol–water partition coefficient (Wildman–Crippen LogP) is 5.98. The molecule has 1 aromatic rings. The van der Waals surface area contributed by atoms with E-state index in [1.54, 1.807) is 0 Å². The van der Waals surface area contributed by atoms with Crippen molar-refractivity contribution in [3.8, 4) is 0 Å². The van der Waals surface area contributed by atoms with Gasteiger partial charge in [-0.25, -0.2) is 0 Å². The van der Waals surface area contributed by atoms with E-state index in [2.05, 4.69) is 63.3 Å². The fraction of sp³-hybridized carbons (Fsp3) is 0.731. The molecule has 29 heavy (non-hydrogen) atoms. The van der Waals surface area contributed by atoms with Crippen LogP contribution in [0.15, 0.2) is 30.3 Å². The van der Waals surface area contributed by atoms with E-state index in [0.717, 1.165) is 36.6 Å². The number of thiocarbonyl (C=S) groups is 1. The molecule has 1 aromatic carbocycles. The molecular weight excluding hydrogens is 372 g/mol. The zero-order valence-electron chi connectivity index (χ0n) is 18.8. The maximum atomic E-state index is 6.14. The van der Waals surface area contributed by atoms with Crippen LogP contribution < -0.4 is 11.1 Å². The monoisotopic (exact) mass is 412 g/mol. The molecule has 0 spiro atoms. The molecule has 0 aromatic heterocycles. The van der Waals surface area contributed by atoms with Crippen LogP contribution in [0.5, 0.6) is 0 Å². The fourth-order valence-corrected chi connectivity index (χ4v) is 7.16. The standard InChI is InChI=1S/C26H40N2S/c1-18-14-26(19-8-6-5-7-9-19)16-20(24(18,2)3)15-25(4,17-26)23(29)28-22-12-10-21(27)11-13-22/h5-9,18,20-22H,10-17,27H2,1-4H3,(H,28,29)/t18?,20?,21-,22-,25?,26?. The van der Waals surface area contributed by atoms with Gasteiger partial charge >= 0.3 is 0 Å². The third-order valence-corrected chi connectivity index (χ3v) is 9.73. The zero-order valence-corrected chi connectivity index (χ0v) is 19.7. The van der Waals surface area contributed by atoms with Gasteiger partial charge in [-0.1, -0.05) is 70.2 Å². The van der Waals surface area contributed by atoms with Crippen molar-refractivity contribution in [3.05, 3.63) is 35.9 Å². The van der Waals surface area contributed by atoms with Gasteiger partial charge in [0.1, 0.15) is 0 Å². The smallest absolute Gasteiger partial charge is 0.0815 e. The molecule has 0 heterocycles. The van der Waals surface area contributed by atoms with Crippen molar-refractivity contribution in [3.63, 3.8) is 0 Å². The molecule has 3 fully saturated rings. The van der Waals surface area contributed by atoms with Gasteiger partial charge in [0.2, 0.25) is 0 Å². The van der Waals surface area contributed by atoms with Crippen molar-refractivity contribution in [2.24, 2.45) is 28.4 Å². The van der Waals surface area contributed by atoms with Crippen LogP contribution in [-0.2, 0) is 5.41 Å². The number of hydrogen-bond acceptors (Lipinski definition) is 2. The molecule has 4 rings (SSSR count). The van der Waals surface area contributed by atoms with E-state index in [4.69, 9.17) is 18.0 Å². The van der Waals surface area contributed by atoms with Gasteiger partial charge in [0, 0.05) is 17.5 Å². The maximum absolute atomic E-state index is 6.14. The summed E-state index contributed by atoms with van der Waals surface area (Å²) in [5, 5.41) is 3.82. The molecule has 0 radical (unpaired) electrons. The topological polar surface area (TPSA) is 38.0 Å². The summed E-state index contributed by atoms with van der Waals surface area (Å²) in [5.74, 6) is 1.44. The van der Waals surface area contributed by atoms with Gasteiger partial charge in [-0.2, -0.15) is 0 Å². The SMILES string of the molecule is CC1CC2(c3ccccc3)CC(CC(C)(C(=S)N[C@H]3CC[C@H](N)CC3)C2)C1(C)C. The van der Waals surface area contributed by atoms with Gasteiger partial charge in [0.15, 0.2) is 0 Å². The Balaban J connectivity index is 1.62. The van der Waals surface area contributed by atoms with Crippen LogP contribution in [0.2, 0.25) is 0 Å². The molecular formula is C26H40N2S. The lowest BCUT2D eigenvalue weighted by molar-refractivity contribution is -0.0464. The molecule has 3 N–H and O–H groups in total. The Morgan fingerprint density at radius 1 is 1.00 bits per heavy atom. The molecule has 3 aliphatic rings. The lowest BCUT2D eigenvalue weighted by Gasteiger charge is -2.61. The normalized spacial score (nSPS) is 41.6. The van der Waals surface area contributed by atoms with E-state index in [-0.39, 0.29) is 10.8 Å². The summed E-state index contributed by atoms with van der Waals surface area (Å²) in [4.78, 5) is 1.12. The molecule has 3 heteroatoms. The van der Waals surface area contributed by atoms with Gasteiger partial charge in [0.05, 0.1) is 4.99 Å². The maximum Gasteiger partial charge on any atom is 0.0815 e. The second kappa shape index (κ2) is 7.64. The average molecular weight is 413 g/mol. The molecule has 2 bridgehead atoms. The molecule has 0 amide bonds. The van der Waals surface area contributed by atoms with Crippen molar-refractivity contribution in [2.75, 3.05) is 0 Å². The van der Waals surface area contributed by atoms with Crippen LogP contribution in [0.4, 0.5) is 0 Å². The largest absolute Gasteiger partial charge is 0.376 e. The van der Waals surface area contributed by atoms with E-state index < -0.39 is 0 Å². The minimum atomic E-state index is 0.0745. The molecule has 160 valence electrons. The first-order chi connectivity index (χ1) is 13.6. The summed E-state index contributed by atoms with van der Waals surface area (Å²) >= 11 is 6.14. The lowest BCUT2D eigenvalue weighted by atomic mass is 9.44. The molecule has 4 unspecified atom stereocenters. The van der Waals surface area contributed by atoms with Crippen LogP contribution in [0.1, 0.15) is 84.6 Å². The Morgan fingerprint density at radius 2 is 1.66 bits per heavy atom. The summed E-state index contributed by atoms with van der Waals surface area (Å²) in [7, 11) is 0. The summed E-state index contributed by atoms with van der Waals surface area (Å²) in [6.07, 6.45) is 9.55. The molecule has 2 nitrogen and oxygen atoms in total. The highest BCUT2D eigenvalue weighted by atomic mass is 32.1. The Hall–Kier alpha value is -0.930. The second-order valence-electron chi connectivity index (χ2n) is 11.5. The van der Waals surface area contributed by atoms with E-state index >= 15 is 0 Å². The van der Waals surface area contributed by atoms with Gasteiger partial charge in [-0.15, -0.1) is 0 Å². The van der Waals surface area contributed by atoms with Crippen molar-refractivity contribution in [2.45, 2.75) is 96.6 Å². The van der Waals surface area contributed by atoms with Crippen LogP contribution in [0.3, 0.4) is 0 Å². The van der Waals surface area contributed by atoms with Crippen LogP contribution >= 0.6 is 12.2 Å². The first-order valence-corrected chi connectivity index (χ1v) is 12.2. The number of fused-ring (bicyclic) bond motifs is 2. The number of benzene rings is 1. The van der Waals surface area contributed by atoms with Crippen LogP contribution in [0.25, 0.3) is 0 Å². The molecule has 0 aliphatic heterocycles. The Bertz CT molecular complexity index is 732. The lowest BCUT2D eigenvalue weighted by Crippen LogP contribution is -2.57. The quantitative estimate of drug-likeness (QED) is 0.599. The number of nitrogens with one attached hydrogen (secondary N) is 1. The molecule has 4 atom stereocenters. The van der Waals surface area contributed by atoms with E-state index in [1.165, 1.54) is 31.2 Å². The third-order valence-electron chi connectivity index (χ3n) is 9.12. The van der Waals surface area contributed by atoms with E-state index in [1.807, 2.05) is 0 Å². The van der Waals surface area contributed by atoms with Crippen molar-refractivity contribution >= 4 is 17.2 Å². The molecule has 0 saturated heterocycles. The fourth-order valence-electron chi connectivity index (χ4n) is 6.84. The van der Waals surface area contributed by atoms with Gasteiger partial charge in [-0.05, 0) is 79.6 Å². The van der Waals surface area contributed by atoms with Crippen molar-refractivity contribution in [1.29, 1.82) is 0 Å². The summed E-state index contributed by atoms with van der Waals surface area (Å²) in [6, 6.07) is 12.2. The van der Waals surface area contributed by atoms with Crippen LogP contribution in [0, 0.1) is 22.7 Å². The van der Waals surface area contributed by atoms with Gasteiger partial charge < -0.3 is 11.1 Å². The number of nitrogens with two attached hydrogens (primary N) is 1. The Kier molecular flexibility index (Phi) is 5.61. The van der Waals surface area contributed by atoms with Crippen molar-refractivity contribution < 1.29 is 0 Å². The summed E-state index contributed by atoms with van der Waals surface area (Å²) in [5.41, 5.74) is 8.36. The summed E-state index contributed by atoms with van der Waals surface area (Å²) < 4.78 is 0. The van der Waals surface area contributed by atoms with Crippen LogP contribution in [-0.4, -0.2) is 17.1 Å². The van der Waals surface area contributed by atoms with E-state index in [0.29, 0.717) is 23.4 Å². The number of hydrogen-bond donors (Lipinski definition) is 2. The Labute approximate surface area is 183 Å². The minimum Gasteiger partial charge on any atom is -0.376 e. The van der Waals surface area contributed by atoms with Gasteiger partial charge in [0.25, 0.3) is 0 Å².